The zero-order valence-corrected chi connectivity index (χ0v) is 17.1. The third-order valence-electron chi connectivity index (χ3n) is 4.76. The lowest BCUT2D eigenvalue weighted by atomic mass is 10.1. The Balaban J connectivity index is 1.67. The standard InChI is InChI=1S/C23H31N3O2/c1-23(2,3)28-22(27)26-15-14-25(17-19-10-6-4-7-11-19)18-21(26)16-24-20-12-8-5-9-13-20/h4-13,21,24H,14-18H2,1-3H3/t21-/m1/s1. The van der Waals surface area contributed by atoms with Gasteiger partial charge in [0.25, 0.3) is 0 Å². The fourth-order valence-electron chi connectivity index (χ4n) is 3.43. The molecule has 2 aromatic carbocycles. The maximum absolute atomic E-state index is 12.8. The number of piperazine rings is 1. The van der Waals surface area contributed by atoms with E-state index in [0.29, 0.717) is 13.1 Å². The lowest BCUT2D eigenvalue weighted by Gasteiger charge is -2.42. The zero-order valence-electron chi connectivity index (χ0n) is 17.1. The molecule has 1 N–H and O–H groups in total. The van der Waals surface area contributed by atoms with Gasteiger partial charge < -0.3 is 15.0 Å². The minimum atomic E-state index is -0.490. The van der Waals surface area contributed by atoms with Gasteiger partial charge in [-0.2, -0.15) is 0 Å². The molecule has 0 saturated carbocycles. The van der Waals surface area contributed by atoms with Crippen LogP contribution in [0.4, 0.5) is 10.5 Å². The van der Waals surface area contributed by atoms with E-state index in [1.807, 2.05) is 62.1 Å². The predicted molar refractivity (Wildman–Crippen MR) is 113 cm³/mol. The fourth-order valence-corrected chi connectivity index (χ4v) is 3.43. The van der Waals surface area contributed by atoms with E-state index in [-0.39, 0.29) is 12.1 Å². The second-order valence-corrected chi connectivity index (χ2v) is 8.30. The van der Waals surface area contributed by atoms with Gasteiger partial charge in [0, 0.05) is 38.4 Å². The Labute approximate surface area is 168 Å². The van der Waals surface area contributed by atoms with Crippen LogP contribution in [0.3, 0.4) is 0 Å². The molecule has 1 aliphatic rings. The number of benzene rings is 2. The van der Waals surface area contributed by atoms with Gasteiger partial charge in [-0.05, 0) is 38.5 Å². The monoisotopic (exact) mass is 381 g/mol. The van der Waals surface area contributed by atoms with Crippen molar-refractivity contribution in [2.45, 2.75) is 39.0 Å². The van der Waals surface area contributed by atoms with Crippen LogP contribution in [0.5, 0.6) is 0 Å². The zero-order chi connectivity index (χ0) is 20.0. The van der Waals surface area contributed by atoms with Crippen LogP contribution in [0.15, 0.2) is 60.7 Å². The second-order valence-electron chi connectivity index (χ2n) is 8.30. The highest BCUT2D eigenvalue weighted by Crippen LogP contribution is 2.18. The first-order valence-corrected chi connectivity index (χ1v) is 9.95. The molecule has 1 amide bonds. The molecule has 1 aliphatic heterocycles. The third-order valence-corrected chi connectivity index (χ3v) is 4.76. The number of ether oxygens (including phenoxy) is 1. The molecule has 150 valence electrons. The van der Waals surface area contributed by atoms with Crippen LogP contribution in [-0.4, -0.2) is 53.7 Å². The molecular weight excluding hydrogens is 350 g/mol. The van der Waals surface area contributed by atoms with Crippen molar-refractivity contribution < 1.29 is 9.53 Å². The van der Waals surface area contributed by atoms with Crippen LogP contribution in [0, 0.1) is 0 Å². The highest BCUT2D eigenvalue weighted by Gasteiger charge is 2.33. The summed E-state index contributed by atoms with van der Waals surface area (Å²) in [7, 11) is 0. The number of para-hydroxylation sites is 1. The van der Waals surface area contributed by atoms with Crippen LogP contribution in [0.2, 0.25) is 0 Å². The number of carbonyl (C=O) groups is 1. The number of hydrogen-bond acceptors (Lipinski definition) is 4. The molecule has 0 aromatic heterocycles. The molecular formula is C23H31N3O2. The summed E-state index contributed by atoms with van der Waals surface area (Å²) >= 11 is 0. The van der Waals surface area contributed by atoms with Gasteiger partial charge in [0.05, 0.1) is 6.04 Å². The summed E-state index contributed by atoms with van der Waals surface area (Å²) in [5.74, 6) is 0. The first kappa shape index (κ1) is 20.2. The Kier molecular flexibility index (Phi) is 6.57. The van der Waals surface area contributed by atoms with E-state index in [4.69, 9.17) is 4.74 Å². The summed E-state index contributed by atoms with van der Waals surface area (Å²) in [6.45, 7) is 9.64. The topological polar surface area (TPSA) is 44.8 Å². The third kappa shape index (κ3) is 5.99. The molecule has 5 nitrogen and oxygen atoms in total. The molecule has 0 radical (unpaired) electrons. The summed E-state index contributed by atoms with van der Waals surface area (Å²) in [5, 5.41) is 3.47. The van der Waals surface area contributed by atoms with E-state index >= 15 is 0 Å². The quantitative estimate of drug-likeness (QED) is 0.842. The molecule has 0 bridgehead atoms. The number of carbonyl (C=O) groups excluding carboxylic acids is 1. The van der Waals surface area contributed by atoms with Crippen molar-refractivity contribution in [2.75, 3.05) is 31.5 Å². The molecule has 1 heterocycles. The van der Waals surface area contributed by atoms with Gasteiger partial charge in [0.2, 0.25) is 0 Å². The molecule has 0 spiro atoms. The van der Waals surface area contributed by atoms with Gasteiger partial charge in [-0.15, -0.1) is 0 Å². The Bertz CT molecular complexity index is 743. The maximum Gasteiger partial charge on any atom is 0.410 e. The van der Waals surface area contributed by atoms with Crippen molar-refractivity contribution in [3.8, 4) is 0 Å². The van der Waals surface area contributed by atoms with Crippen molar-refractivity contribution in [2.24, 2.45) is 0 Å². The fraction of sp³-hybridized carbons (Fsp3) is 0.435. The summed E-state index contributed by atoms with van der Waals surface area (Å²) in [5.41, 5.74) is 1.87. The van der Waals surface area contributed by atoms with Gasteiger partial charge in [0.1, 0.15) is 5.60 Å². The molecule has 5 heteroatoms. The van der Waals surface area contributed by atoms with E-state index in [1.165, 1.54) is 5.56 Å². The molecule has 0 unspecified atom stereocenters. The van der Waals surface area contributed by atoms with Crippen molar-refractivity contribution in [3.05, 3.63) is 66.2 Å². The normalized spacial score (nSPS) is 18.0. The lowest BCUT2D eigenvalue weighted by Crippen LogP contribution is -2.58. The highest BCUT2D eigenvalue weighted by atomic mass is 16.6. The lowest BCUT2D eigenvalue weighted by molar-refractivity contribution is -0.000346. The summed E-state index contributed by atoms with van der Waals surface area (Å²) in [6.07, 6.45) is -0.230. The van der Waals surface area contributed by atoms with Crippen molar-refractivity contribution in [1.29, 1.82) is 0 Å². The SMILES string of the molecule is CC(C)(C)OC(=O)N1CCN(Cc2ccccc2)C[C@H]1CNc1ccccc1. The molecule has 0 aliphatic carbocycles. The Morgan fingerprint density at radius 3 is 2.32 bits per heavy atom. The predicted octanol–water partition coefficient (Wildman–Crippen LogP) is 4.22. The van der Waals surface area contributed by atoms with E-state index in [2.05, 4.69) is 34.5 Å². The van der Waals surface area contributed by atoms with Crippen LogP contribution < -0.4 is 5.32 Å². The minimum Gasteiger partial charge on any atom is -0.444 e. The molecule has 1 atom stereocenters. The number of amides is 1. The first-order valence-electron chi connectivity index (χ1n) is 9.95. The smallest absolute Gasteiger partial charge is 0.410 e. The molecule has 1 fully saturated rings. The number of rotatable bonds is 5. The van der Waals surface area contributed by atoms with Gasteiger partial charge >= 0.3 is 6.09 Å². The van der Waals surface area contributed by atoms with Crippen LogP contribution in [-0.2, 0) is 11.3 Å². The number of nitrogens with one attached hydrogen (secondary N) is 1. The van der Waals surface area contributed by atoms with E-state index in [9.17, 15) is 4.79 Å². The van der Waals surface area contributed by atoms with Crippen molar-refractivity contribution >= 4 is 11.8 Å². The average Bonchev–Trinajstić information content (AvgIpc) is 2.67. The van der Waals surface area contributed by atoms with Crippen LogP contribution >= 0.6 is 0 Å². The Morgan fingerprint density at radius 1 is 1.04 bits per heavy atom. The van der Waals surface area contributed by atoms with Gasteiger partial charge in [0.15, 0.2) is 0 Å². The van der Waals surface area contributed by atoms with Gasteiger partial charge in [-0.3, -0.25) is 4.90 Å². The number of anilines is 1. The van der Waals surface area contributed by atoms with Crippen LogP contribution in [0.1, 0.15) is 26.3 Å². The average molecular weight is 382 g/mol. The van der Waals surface area contributed by atoms with E-state index < -0.39 is 5.60 Å². The second kappa shape index (κ2) is 9.11. The molecule has 28 heavy (non-hydrogen) atoms. The summed E-state index contributed by atoms with van der Waals surface area (Å²) < 4.78 is 5.65. The maximum atomic E-state index is 12.8. The van der Waals surface area contributed by atoms with Crippen LogP contribution in [0.25, 0.3) is 0 Å². The number of hydrogen-bond donors (Lipinski definition) is 1. The van der Waals surface area contributed by atoms with Crippen molar-refractivity contribution in [1.82, 2.24) is 9.80 Å². The highest BCUT2D eigenvalue weighted by molar-refractivity contribution is 5.69. The number of nitrogens with zero attached hydrogens (tertiary/aromatic N) is 2. The molecule has 3 rings (SSSR count). The largest absolute Gasteiger partial charge is 0.444 e. The minimum absolute atomic E-state index is 0.0486. The van der Waals surface area contributed by atoms with Gasteiger partial charge in [-0.25, -0.2) is 4.79 Å². The molecule has 1 saturated heterocycles. The molecule has 2 aromatic rings. The van der Waals surface area contributed by atoms with E-state index in [0.717, 1.165) is 25.3 Å². The summed E-state index contributed by atoms with van der Waals surface area (Å²) in [6, 6.07) is 20.6. The summed E-state index contributed by atoms with van der Waals surface area (Å²) in [4.78, 5) is 17.0. The van der Waals surface area contributed by atoms with E-state index in [1.54, 1.807) is 0 Å². The first-order chi connectivity index (χ1) is 13.4. The Morgan fingerprint density at radius 2 is 1.68 bits per heavy atom. The van der Waals surface area contributed by atoms with Crippen molar-refractivity contribution in [3.63, 3.8) is 0 Å². The van der Waals surface area contributed by atoms with Gasteiger partial charge in [-0.1, -0.05) is 48.5 Å². The Hall–Kier alpha value is -2.53.